The second kappa shape index (κ2) is 5.15. The van der Waals surface area contributed by atoms with Gasteiger partial charge in [0.2, 0.25) is 5.82 Å². The first-order chi connectivity index (χ1) is 8.80. The average molecular weight is 275 g/mol. The maximum Gasteiger partial charge on any atom is 0.449 e. The minimum atomic E-state index is -4.39. The zero-order chi connectivity index (χ0) is 14.2. The zero-order valence-corrected chi connectivity index (χ0v) is 11.5. The van der Waals surface area contributed by atoms with Gasteiger partial charge >= 0.3 is 6.18 Å². The van der Waals surface area contributed by atoms with E-state index in [1.807, 2.05) is 20.8 Å². The lowest BCUT2D eigenvalue weighted by Gasteiger charge is -2.23. The van der Waals surface area contributed by atoms with Crippen LogP contribution in [0.3, 0.4) is 0 Å². The Bertz CT molecular complexity index is 449. The van der Waals surface area contributed by atoms with Gasteiger partial charge in [0, 0.05) is 31.2 Å². The summed E-state index contributed by atoms with van der Waals surface area (Å²) < 4.78 is 40.8. The van der Waals surface area contributed by atoms with Gasteiger partial charge in [0.1, 0.15) is 0 Å². The van der Waals surface area contributed by atoms with Crippen LogP contribution in [0.25, 0.3) is 0 Å². The first kappa shape index (κ1) is 14.4. The van der Waals surface area contributed by atoms with Crippen molar-refractivity contribution in [3.05, 3.63) is 17.2 Å². The molecule has 3 nitrogen and oxygen atoms in total. The number of rotatable bonds is 3. The fourth-order valence-electron chi connectivity index (χ4n) is 2.80. The molecule has 1 aliphatic rings. The van der Waals surface area contributed by atoms with E-state index >= 15 is 0 Å². The predicted octanol–water partition coefficient (Wildman–Crippen LogP) is 3.15. The van der Waals surface area contributed by atoms with Crippen LogP contribution in [0.4, 0.5) is 13.2 Å². The van der Waals surface area contributed by atoms with E-state index in [1.165, 1.54) is 4.57 Å². The molecule has 0 bridgehead atoms. The van der Waals surface area contributed by atoms with Crippen LogP contribution in [0.1, 0.15) is 50.4 Å². The summed E-state index contributed by atoms with van der Waals surface area (Å²) in [5, 5.41) is 3.07. The Morgan fingerprint density at radius 3 is 2.58 bits per heavy atom. The van der Waals surface area contributed by atoms with Gasteiger partial charge in [-0.05, 0) is 19.3 Å². The quantitative estimate of drug-likeness (QED) is 0.918. The lowest BCUT2D eigenvalue weighted by atomic mass is 10.0. The van der Waals surface area contributed by atoms with Gasteiger partial charge in [0.25, 0.3) is 0 Å². The Morgan fingerprint density at radius 2 is 2.00 bits per heavy atom. The zero-order valence-electron chi connectivity index (χ0n) is 11.5. The number of aromatic nitrogens is 2. The van der Waals surface area contributed by atoms with Crippen molar-refractivity contribution in [2.75, 3.05) is 6.54 Å². The highest BCUT2D eigenvalue weighted by molar-refractivity contribution is 5.22. The van der Waals surface area contributed by atoms with E-state index in [2.05, 4.69) is 10.3 Å². The molecule has 0 fully saturated rings. The van der Waals surface area contributed by atoms with Crippen LogP contribution in [-0.2, 0) is 19.1 Å². The van der Waals surface area contributed by atoms with Gasteiger partial charge in [-0.2, -0.15) is 13.2 Å². The van der Waals surface area contributed by atoms with Gasteiger partial charge in [0.05, 0.1) is 5.69 Å². The van der Waals surface area contributed by atoms with E-state index in [0.717, 1.165) is 12.1 Å². The molecule has 1 atom stereocenters. The minimum Gasteiger partial charge on any atom is -0.321 e. The molecule has 0 amide bonds. The fourth-order valence-corrected chi connectivity index (χ4v) is 2.80. The van der Waals surface area contributed by atoms with E-state index in [-0.39, 0.29) is 6.04 Å². The van der Waals surface area contributed by atoms with E-state index < -0.39 is 12.0 Å². The van der Waals surface area contributed by atoms with Crippen molar-refractivity contribution in [3.63, 3.8) is 0 Å². The summed E-state index contributed by atoms with van der Waals surface area (Å²) in [7, 11) is 0. The predicted molar refractivity (Wildman–Crippen MR) is 66.8 cm³/mol. The Kier molecular flexibility index (Phi) is 3.90. The number of nitrogens with zero attached hydrogens (tertiary/aromatic N) is 2. The first-order valence-electron chi connectivity index (χ1n) is 6.68. The van der Waals surface area contributed by atoms with Crippen molar-refractivity contribution in [2.24, 2.45) is 5.92 Å². The van der Waals surface area contributed by atoms with Crippen molar-refractivity contribution in [1.29, 1.82) is 0 Å². The van der Waals surface area contributed by atoms with Gasteiger partial charge < -0.3 is 9.88 Å². The molecule has 1 aromatic heterocycles. The average Bonchev–Trinajstić information content (AvgIpc) is 2.66. The molecule has 2 rings (SSSR count). The molecule has 1 aliphatic heterocycles. The third kappa shape index (κ3) is 2.94. The molecular formula is C13H20F3N3. The molecule has 0 aliphatic carbocycles. The van der Waals surface area contributed by atoms with E-state index in [9.17, 15) is 13.2 Å². The van der Waals surface area contributed by atoms with E-state index in [0.29, 0.717) is 31.1 Å². The highest BCUT2D eigenvalue weighted by Crippen LogP contribution is 2.35. The summed E-state index contributed by atoms with van der Waals surface area (Å²) in [5.41, 5.74) is 1.30. The van der Waals surface area contributed by atoms with Gasteiger partial charge in [-0.15, -0.1) is 0 Å². The smallest absolute Gasteiger partial charge is 0.321 e. The molecule has 6 heteroatoms. The molecule has 0 saturated heterocycles. The van der Waals surface area contributed by atoms with E-state index in [4.69, 9.17) is 0 Å². The minimum absolute atomic E-state index is 0.175. The Hall–Kier alpha value is -1.04. The number of halogens is 3. The second-order valence-corrected chi connectivity index (χ2v) is 5.60. The standard InChI is InChI=1S/C13H20F3N3/c1-8(2)6-9(3)19-11-4-5-17-7-10(11)18-12(19)13(14,15)16/h8-9,17H,4-7H2,1-3H3. The van der Waals surface area contributed by atoms with Gasteiger partial charge in [-0.1, -0.05) is 13.8 Å². The number of hydrogen-bond acceptors (Lipinski definition) is 2. The molecule has 0 aromatic carbocycles. The van der Waals surface area contributed by atoms with Crippen molar-refractivity contribution >= 4 is 0 Å². The van der Waals surface area contributed by atoms with E-state index in [1.54, 1.807) is 0 Å². The lowest BCUT2D eigenvalue weighted by molar-refractivity contribution is -0.148. The highest BCUT2D eigenvalue weighted by Gasteiger charge is 2.40. The van der Waals surface area contributed by atoms with Gasteiger partial charge in [-0.3, -0.25) is 0 Å². The monoisotopic (exact) mass is 275 g/mol. The molecule has 1 unspecified atom stereocenters. The molecule has 1 aromatic rings. The summed E-state index contributed by atoms with van der Waals surface area (Å²) in [5.74, 6) is -0.384. The first-order valence-corrected chi connectivity index (χ1v) is 6.68. The molecule has 2 heterocycles. The lowest BCUT2D eigenvalue weighted by Crippen LogP contribution is -2.26. The summed E-state index contributed by atoms with van der Waals surface area (Å²) in [6, 6.07) is -0.175. The Balaban J connectivity index is 2.46. The summed E-state index contributed by atoms with van der Waals surface area (Å²) in [6.07, 6.45) is -3.05. The third-order valence-electron chi connectivity index (χ3n) is 3.43. The highest BCUT2D eigenvalue weighted by atomic mass is 19.4. The van der Waals surface area contributed by atoms with Crippen molar-refractivity contribution in [2.45, 2.75) is 52.4 Å². The van der Waals surface area contributed by atoms with Crippen LogP contribution in [-0.4, -0.2) is 16.1 Å². The van der Waals surface area contributed by atoms with Crippen LogP contribution in [0.2, 0.25) is 0 Å². The van der Waals surface area contributed by atoms with Crippen molar-refractivity contribution in [3.8, 4) is 0 Å². The van der Waals surface area contributed by atoms with Crippen LogP contribution >= 0.6 is 0 Å². The number of fused-ring (bicyclic) bond motifs is 1. The van der Waals surface area contributed by atoms with Gasteiger partial charge in [-0.25, -0.2) is 4.98 Å². The largest absolute Gasteiger partial charge is 0.449 e. The number of imidazole rings is 1. The van der Waals surface area contributed by atoms with Crippen molar-refractivity contribution in [1.82, 2.24) is 14.9 Å². The maximum atomic E-state index is 13.1. The molecule has 0 spiro atoms. The molecular weight excluding hydrogens is 255 g/mol. The molecule has 0 saturated carbocycles. The second-order valence-electron chi connectivity index (χ2n) is 5.60. The van der Waals surface area contributed by atoms with Crippen molar-refractivity contribution < 1.29 is 13.2 Å². The Labute approximate surface area is 111 Å². The normalized spacial score (nSPS) is 17.6. The molecule has 1 N–H and O–H groups in total. The summed E-state index contributed by atoms with van der Waals surface area (Å²) in [6.45, 7) is 7.03. The maximum absolute atomic E-state index is 13.1. The van der Waals surface area contributed by atoms with Crippen LogP contribution in [0, 0.1) is 5.92 Å². The summed E-state index contributed by atoms with van der Waals surface area (Å²) in [4.78, 5) is 3.83. The topological polar surface area (TPSA) is 29.9 Å². The van der Waals surface area contributed by atoms with Crippen LogP contribution in [0.5, 0.6) is 0 Å². The molecule has 19 heavy (non-hydrogen) atoms. The Morgan fingerprint density at radius 1 is 1.32 bits per heavy atom. The molecule has 108 valence electrons. The number of alkyl halides is 3. The summed E-state index contributed by atoms with van der Waals surface area (Å²) >= 11 is 0. The van der Waals surface area contributed by atoms with Crippen LogP contribution < -0.4 is 5.32 Å². The third-order valence-corrected chi connectivity index (χ3v) is 3.43. The van der Waals surface area contributed by atoms with Gasteiger partial charge in [0.15, 0.2) is 0 Å². The molecule has 0 radical (unpaired) electrons. The number of nitrogens with one attached hydrogen (secondary N) is 1. The SMILES string of the molecule is CC(C)CC(C)n1c(C(F)(F)F)nc2c1CCNC2. The van der Waals surface area contributed by atoms with Crippen LogP contribution in [0.15, 0.2) is 0 Å². The fraction of sp³-hybridized carbons (Fsp3) is 0.769. The number of hydrogen-bond donors (Lipinski definition) is 1.